The third-order valence-corrected chi connectivity index (χ3v) is 5.64. The molecule has 34 heavy (non-hydrogen) atoms. The predicted molar refractivity (Wildman–Crippen MR) is 124 cm³/mol. The molecule has 178 valence electrons. The number of methoxy groups -OCH3 is 5. The minimum atomic E-state index is -0.436. The lowest BCUT2D eigenvalue weighted by Crippen LogP contribution is -2.26. The van der Waals surface area contributed by atoms with Crippen LogP contribution in [-0.2, 0) is 0 Å². The molecule has 1 aromatic heterocycles. The molecule has 0 fully saturated rings. The summed E-state index contributed by atoms with van der Waals surface area (Å²) in [4.78, 5) is 13.3. The largest absolute Gasteiger partial charge is 0.493 e. The first-order valence-electron chi connectivity index (χ1n) is 10.5. The highest BCUT2D eigenvalue weighted by atomic mass is 16.5. The van der Waals surface area contributed by atoms with Gasteiger partial charge in [-0.2, -0.15) is 5.10 Å². The quantitative estimate of drug-likeness (QED) is 0.488. The smallest absolute Gasteiger partial charge is 0.310 e. The highest BCUT2D eigenvalue weighted by molar-refractivity contribution is 6.05. The fraction of sp³-hybridized carbons (Fsp3) is 0.280. The van der Waals surface area contributed by atoms with Crippen LogP contribution >= 0.6 is 0 Å². The summed E-state index contributed by atoms with van der Waals surface area (Å²) < 4.78 is 32.6. The van der Waals surface area contributed by atoms with Crippen molar-refractivity contribution in [2.24, 2.45) is 5.10 Å². The molecule has 0 radical (unpaired) electrons. The molecular weight excluding hydrogens is 440 g/mol. The van der Waals surface area contributed by atoms with E-state index in [4.69, 9.17) is 28.1 Å². The summed E-state index contributed by atoms with van der Waals surface area (Å²) in [7, 11) is 7.79. The van der Waals surface area contributed by atoms with Gasteiger partial charge in [-0.3, -0.25) is 4.79 Å². The Kier molecular flexibility index (Phi) is 6.62. The van der Waals surface area contributed by atoms with Gasteiger partial charge in [0, 0.05) is 12.0 Å². The van der Waals surface area contributed by atoms with Crippen LogP contribution in [0.2, 0.25) is 0 Å². The van der Waals surface area contributed by atoms with Gasteiger partial charge in [-0.15, -0.1) is 0 Å². The Bertz CT molecular complexity index is 1180. The van der Waals surface area contributed by atoms with Crippen molar-refractivity contribution < 1.29 is 32.9 Å². The Morgan fingerprint density at radius 3 is 2.12 bits per heavy atom. The highest BCUT2D eigenvalue weighted by Crippen LogP contribution is 2.43. The standard InChI is InChI=1S/C25H26N2O7/c1-29-19-9-8-15(11-21(19)30-2)17-14-18(27(26-17)25(28)20-7-6-10-34-20)16-12-22(31-3)24(33-5)23(13-16)32-4/h6-13,18H,14H2,1-5H3. The van der Waals surface area contributed by atoms with Crippen LogP contribution < -0.4 is 23.7 Å². The zero-order chi connectivity index (χ0) is 24.2. The van der Waals surface area contributed by atoms with Crippen molar-refractivity contribution in [2.75, 3.05) is 35.5 Å². The molecule has 1 aliphatic rings. The van der Waals surface area contributed by atoms with Crippen molar-refractivity contribution in [3.63, 3.8) is 0 Å². The van der Waals surface area contributed by atoms with E-state index in [1.54, 1.807) is 47.7 Å². The van der Waals surface area contributed by atoms with Crippen molar-refractivity contribution >= 4 is 11.6 Å². The molecule has 1 atom stereocenters. The maximum atomic E-state index is 13.3. The number of benzene rings is 2. The summed E-state index contributed by atoms with van der Waals surface area (Å²) in [6.45, 7) is 0. The molecule has 2 aromatic carbocycles. The van der Waals surface area contributed by atoms with Crippen LogP contribution in [0.25, 0.3) is 0 Å². The number of amides is 1. The molecule has 2 heterocycles. The van der Waals surface area contributed by atoms with E-state index in [1.165, 1.54) is 11.3 Å². The second-order valence-electron chi connectivity index (χ2n) is 7.42. The normalized spacial score (nSPS) is 15.0. The summed E-state index contributed by atoms with van der Waals surface area (Å²) in [5.41, 5.74) is 2.29. The summed E-state index contributed by atoms with van der Waals surface area (Å²) >= 11 is 0. The summed E-state index contributed by atoms with van der Waals surface area (Å²) in [5, 5.41) is 6.11. The van der Waals surface area contributed by atoms with E-state index in [2.05, 4.69) is 5.10 Å². The molecule has 9 heteroatoms. The molecule has 0 saturated carbocycles. The maximum absolute atomic E-state index is 13.3. The first-order valence-corrected chi connectivity index (χ1v) is 10.5. The van der Waals surface area contributed by atoms with Crippen LogP contribution in [0.3, 0.4) is 0 Å². The second kappa shape index (κ2) is 9.78. The van der Waals surface area contributed by atoms with E-state index >= 15 is 0 Å². The van der Waals surface area contributed by atoms with Crippen molar-refractivity contribution in [1.82, 2.24) is 5.01 Å². The summed E-state index contributed by atoms with van der Waals surface area (Å²) in [6, 6.07) is 12.0. The van der Waals surface area contributed by atoms with Crippen LogP contribution in [0.15, 0.2) is 58.2 Å². The fourth-order valence-corrected chi connectivity index (χ4v) is 3.95. The van der Waals surface area contributed by atoms with E-state index in [0.29, 0.717) is 40.9 Å². The van der Waals surface area contributed by atoms with Crippen molar-refractivity contribution in [1.29, 1.82) is 0 Å². The number of nitrogens with zero attached hydrogens (tertiary/aromatic N) is 2. The maximum Gasteiger partial charge on any atom is 0.310 e. The van der Waals surface area contributed by atoms with Gasteiger partial charge in [-0.05, 0) is 48.0 Å². The van der Waals surface area contributed by atoms with Gasteiger partial charge in [0.25, 0.3) is 0 Å². The van der Waals surface area contributed by atoms with Gasteiger partial charge >= 0.3 is 5.91 Å². The van der Waals surface area contributed by atoms with Crippen molar-refractivity contribution in [3.8, 4) is 28.7 Å². The van der Waals surface area contributed by atoms with Gasteiger partial charge in [-0.1, -0.05) is 0 Å². The SMILES string of the molecule is COc1ccc(C2=NN(C(=O)c3ccco3)C(c3cc(OC)c(OC)c(OC)c3)C2)cc1OC. The molecule has 0 bridgehead atoms. The number of hydrazone groups is 1. The first-order chi connectivity index (χ1) is 16.5. The zero-order valence-corrected chi connectivity index (χ0v) is 19.7. The molecule has 0 N–H and O–H groups in total. The Morgan fingerprint density at radius 1 is 0.882 bits per heavy atom. The van der Waals surface area contributed by atoms with Crippen LogP contribution in [-0.4, -0.2) is 52.2 Å². The Balaban J connectivity index is 1.79. The lowest BCUT2D eigenvalue weighted by atomic mass is 9.97. The van der Waals surface area contributed by atoms with E-state index < -0.39 is 6.04 Å². The van der Waals surface area contributed by atoms with Crippen molar-refractivity contribution in [3.05, 3.63) is 65.6 Å². The average molecular weight is 466 g/mol. The molecule has 0 aliphatic carbocycles. The monoisotopic (exact) mass is 466 g/mol. The Labute approximate surface area is 197 Å². The van der Waals surface area contributed by atoms with Gasteiger partial charge < -0.3 is 28.1 Å². The highest BCUT2D eigenvalue weighted by Gasteiger charge is 2.36. The molecule has 1 unspecified atom stereocenters. The molecule has 3 aromatic rings. The number of carbonyl (C=O) groups excluding carboxylic acids is 1. The molecule has 4 rings (SSSR count). The zero-order valence-electron chi connectivity index (χ0n) is 19.7. The van der Waals surface area contributed by atoms with Gasteiger partial charge in [0.2, 0.25) is 5.75 Å². The topological polar surface area (TPSA) is 92.0 Å². The van der Waals surface area contributed by atoms with E-state index in [-0.39, 0.29) is 11.7 Å². The molecule has 9 nitrogen and oxygen atoms in total. The second-order valence-corrected chi connectivity index (χ2v) is 7.42. The van der Waals surface area contributed by atoms with Gasteiger partial charge in [0.05, 0.1) is 53.6 Å². The van der Waals surface area contributed by atoms with E-state index in [9.17, 15) is 4.79 Å². The Hall–Kier alpha value is -4.14. The molecule has 0 saturated heterocycles. The fourth-order valence-electron chi connectivity index (χ4n) is 3.95. The Morgan fingerprint density at radius 2 is 1.56 bits per heavy atom. The van der Waals surface area contributed by atoms with Crippen LogP contribution in [0.5, 0.6) is 28.7 Å². The van der Waals surface area contributed by atoms with Crippen LogP contribution in [0.4, 0.5) is 0 Å². The van der Waals surface area contributed by atoms with Crippen LogP contribution in [0.1, 0.15) is 34.1 Å². The predicted octanol–water partition coefficient (Wildman–Crippen LogP) is 4.31. The lowest BCUT2D eigenvalue weighted by Gasteiger charge is -2.23. The molecule has 0 spiro atoms. The number of hydrogen-bond donors (Lipinski definition) is 0. The third-order valence-electron chi connectivity index (χ3n) is 5.64. The minimum absolute atomic E-state index is 0.190. The number of rotatable bonds is 8. The summed E-state index contributed by atoms with van der Waals surface area (Å²) in [5.74, 6) is 2.45. The van der Waals surface area contributed by atoms with Gasteiger partial charge in [0.15, 0.2) is 28.8 Å². The van der Waals surface area contributed by atoms with Crippen molar-refractivity contribution in [2.45, 2.75) is 12.5 Å². The number of carbonyl (C=O) groups is 1. The molecule has 1 amide bonds. The van der Waals surface area contributed by atoms with Gasteiger partial charge in [-0.25, -0.2) is 5.01 Å². The number of hydrogen-bond acceptors (Lipinski definition) is 8. The molecular formula is C25H26N2O7. The lowest BCUT2D eigenvalue weighted by molar-refractivity contribution is 0.0678. The third kappa shape index (κ3) is 4.12. The average Bonchev–Trinajstić information content (AvgIpc) is 3.57. The summed E-state index contributed by atoms with van der Waals surface area (Å²) in [6.07, 6.45) is 1.90. The van der Waals surface area contributed by atoms with Gasteiger partial charge in [0.1, 0.15) is 0 Å². The van der Waals surface area contributed by atoms with E-state index in [0.717, 1.165) is 11.1 Å². The van der Waals surface area contributed by atoms with E-state index in [1.807, 2.05) is 30.3 Å². The van der Waals surface area contributed by atoms with Crippen LogP contribution in [0, 0.1) is 0 Å². The minimum Gasteiger partial charge on any atom is -0.493 e. The number of ether oxygens (including phenoxy) is 5. The number of furan rings is 1. The molecule has 1 aliphatic heterocycles. The first kappa shape index (κ1) is 23.0.